The highest BCUT2D eigenvalue weighted by Crippen LogP contribution is 2.43. The van der Waals surface area contributed by atoms with Gasteiger partial charge in [0.15, 0.2) is 0 Å². The zero-order chi connectivity index (χ0) is 23.2. The minimum absolute atomic E-state index is 0.219. The summed E-state index contributed by atoms with van der Waals surface area (Å²) in [6.07, 6.45) is 1.65. The van der Waals surface area contributed by atoms with E-state index in [9.17, 15) is 19.2 Å². The number of hydrogen-bond acceptors (Lipinski definition) is 6. The van der Waals surface area contributed by atoms with Crippen LogP contribution in [0.4, 0.5) is 4.79 Å². The molecule has 3 unspecified atom stereocenters. The Balaban J connectivity index is 1.55. The van der Waals surface area contributed by atoms with Crippen molar-refractivity contribution < 1.29 is 28.7 Å². The first kappa shape index (κ1) is 23.1. The smallest absolute Gasteiger partial charge is 0.410 e. The fraction of sp³-hybridized carbons (Fsp3) is 0.524. The van der Waals surface area contributed by atoms with E-state index in [0.717, 1.165) is 4.90 Å². The van der Waals surface area contributed by atoms with Crippen LogP contribution in [0.2, 0.25) is 0 Å². The van der Waals surface area contributed by atoms with Gasteiger partial charge in [0, 0.05) is 12.1 Å². The van der Waals surface area contributed by atoms with Gasteiger partial charge in [-0.05, 0) is 43.7 Å². The lowest BCUT2D eigenvalue weighted by Gasteiger charge is -2.41. The first-order valence-corrected chi connectivity index (χ1v) is 11.3. The Morgan fingerprint density at radius 3 is 2.06 bits per heavy atom. The summed E-state index contributed by atoms with van der Waals surface area (Å²) in [5.41, 5.74) is 0.532. The number of carbonyl (C=O) groups excluding carboxylic acids is 4. The molecule has 3 heterocycles. The maximum atomic E-state index is 13.0. The van der Waals surface area contributed by atoms with E-state index in [4.69, 9.17) is 44.3 Å². The van der Waals surface area contributed by atoms with Crippen LogP contribution in [0, 0.1) is 5.92 Å². The number of carbonyl (C=O) groups is 4. The summed E-state index contributed by atoms with van der Waals surface area (Å²) in [6.45, 7) is -0.379. The molecule has 0 saturated carbocycles. The van der Waals surface area contributed by atoms with E-state index < -0.39 is 33.7 Å². The highest BCUT2D eigenvalue weighted by atomic mass is 35.6. The van der Waals surface area contributed by atoms with Gasteiger partial charge in [-0.3, -0.25) is 14.5 Å². The normalized spacial score (nSPS) is 25.6. The minimum atomic E-state index is -1.71. The van der Waals surface area contributed by atoms with Crippen LogP contribution in [-0.2, 0) is 14.3 Å². The van der Waals surface area contributed by atoms with E-state index in [1.165, 1.54) is 7.11 Å². The molecule has 3 amide bonds. The number of methoxy groups -OCH3 is 1. The lowest BCUT2D eigenvalue weighted by molar-refractivity contribution is -0.148. The number of piperidine rings is 1. The van der Waals surface area contributed by atoms with Gasteiger partial charge in [0.05, 0.1) is 18.2 Å². The highest BCUT2D eigenvalue weighted by molar-refractivity contribution is 6.67. The molecule has 0 aromatic heterocycles. The van der Waals surface area contributed by atoms with Gasteiger partial charge in [-0.25, -0.2) is 9.59 Å². The molecule has 0 spiro atoms. The van der Waals surface area contributed by atoms with Crippen LogP contribution in [0.1, 0.15) is 46.4 Å². The van der Waals surface area contributed by atoms with Crippen molar-refractivity contribution in [3.8, 4) is 0 Å². The number of esters is 1. The molecule has 4 rings (SSSR count). The van der Waals surface area contributed by atoms with Crippen LogP contribution in [0.25, 0.3) is 0 Å². The van der Waals surface area contributed by atoms with E-state index in [1.807, 2.05) is 0 Å². The Hall–Kier alpha value is -2.03. The lowest BCUT2D eigenvalue weighted by Crippen LogP contribution is -2.55. The second-order valence-corrected chi connectivity index (χ2v) is 10.7. The predicted octanol–water partition coefficient (Wildman–Crippen LogP) is 3.57. The largest absolute Gasteiger partial charge is 0.467 e. The van der Waals surface area contributed by atoms with Gasteiger partial charge in [-0.15, -0.1) is 0 Å². The number of ether oxygens (including phenoxy) is 2. The molecule has 3 aliphatic rings. The molecule has 32 heavy (non-hydrogen) atoms. The number of rotatable bonds is 4. The first-order valence-electron chi connectivity index (χ1n) is 10.2. The minimum Gasteiger partial charge on any atom is -0.467 e. The van der Waals surface area contributed by atoms with Crippen LogP contribution in [-0.4, -0.2) is 69.3 Å². The molecule has 0 radical (unpaired) electrons. The summed E-state index contributed by atoms with van der Waals surface area (Å²) >= 11 is 17.0. The van der Waals surface area contributed by atoms with Crippen LogP contribution < -0.4 is 0 Å². The molecular weight excluding hydrogens is 483 g/mol. The molecule has 0 aliphatic carbocycles. The second kappa shape index (κ2) is 8.72. The number of halogens is 3. The number of hydrogen-bond donors (Lipinski definition) is 0. The number of nitrogens with zero attached hydrogens (tertiary/aromatic N) is 2. The average molecular weight is 504 g/mol. The van der Waals surface area contributed by atoms with Crippen molar-refractivity contribution in [3.05, 3.63) is 35.4 Å². The maximum Gasteiger partial charge on any atom is 0.410 e. The number of amides is 3. The van der Waals surface area contributed by atoms with E-state index in [0.29, 0.717) is 25.7 Å². The Bertz CT molecular complexity index is 916. The van der Waals surface area contributed by atoms with Crippen molar-refractivity contribution in [2.45, 2.75) is 47.6 Å². The van der Waals surface area contributed by atoms with Gasteiger partial charge < -0.3 is 14.4 Å². The second-order valence-electron chi connectivity index (χ2n) is 8.19. The molecule has 2 fully saturated rings. The van der Waals surface area contributed by atoms with Gasteiger partial charge >= 0.3 is 12.1 Å². The molecule has 0 N–H and O–H groups in total. The Labute approximate surface area is 199 Å². The molecule has 3 aliphatic heterocycles. The monoisotopic (exact) mass is 502 g/mol. The summed E-state index contributed by atoms with van der Waals surface area (Å²) in [6, 6.07) is 4.96. The SMILES string of the molecule is COC(=O)C(C1CC2CCC(C1)N2C(=O)OCC(Cl)(Cl)Cl)N1C(=O)c2ccccc2C1=O. The lowest BCUT2D eigenvalue weighted by atomic mass is 9.84. The summed E-state index contributed by atoms with van der Waals surface area (Å²) in [4.78, 5) is 54.0. The predicted molar refractivity (Wildman–Crippen MR) is 116 cm³/mol. The summed E-state index contributed by atoms with van der Waals surface area (Å²) in [5, 5.41) is 0. The van der Waals surface area contributed by atoms with Gasteiger partial charge in [-0.1, -0.05) is 46.9 Å². The molecule has 2 saturated heterocycles. The third kappa shape index (κ3) is 4.16. The van der Waals surface area contributed by atoms with Crippen molar-refractivity contribution in [1.82, 2.24) is 9.80 Å². The van der Waals surface area contributed by atoms with Gasteiger partial charge in [-0.2, -0.15) is 0 Å². The average Bonchev–Trinajstić information content (AvgIpc) is 3.16. The molecule has 11 heteroatoms. The molecule has 1 aromatic rings. The molecule has 172 valence electrons. The van der Waals surface area contributed by atoms with Crippen molar-refractivity contribution in [1.29, 1.82) is 0 Å². The molecule has 8 nitrogen and oxygen atoms in total. The van der Waals surface area contributed by atoms with Gasteiger partial charge in [0.25, 0.3) is 11.8 Å². The van der Waals surface area contributed by atoms with Crippen molar-refractivity contribution in [2.75, 3.05) is 13.7 Å². The fourth-order valence-electron chi connectivity index (χ4n) is 5.08. The summed E-state index contributed by atoms with van der Waals surface area (Å²) in [7, 11) is 1.23. The fourth-order valence-corrected chi connectivity index (χ4v) is 5.25. The summed E-state index contributed by atoms with van der Waals surface area (Å²) < 4.78 is 8.41. The summed E-state index contributed by atoms with van der Waals surface area (Å²) in [5.74, 6) is -2.05. The number of alkyl halides is 3. The van der Waals surface area contributed by atoms with E-state index >= 15 is 0 Å². The highest BCUT2D eigenvalue weighted by Gasteiger charge is 2.52. The van der Waals surface area contributed by atoms with Gasteiger partial charge in [0.2, 0.25) is 3.79 Å². The standard InChI is InChI=1S/C21H21Cl3N2O6/c1-31-19(29)16(26-17(27)14-4-2-3-5-15(14)18(26)28)11-8-12-6-7-13(9-11)25(12)20(30)32-10-21(22,23)24/h2-5,11-13,16H,6-10H2,1H3. The molecule has 1 aromatic carbocycles. The number of benzene rings is 1. The van der Waals surface area contributed by atoms with Crippen LogP contribution in [0.15, 0.2) is 24.3 Å². The number of imide groups is 1. The number of fused-ring (bicyclic) bond motifs is 3. The molecule has 2 bridgehead atoms. The quantitative estimate of drug-likeness (QED) is 0.354. The zero-order valence-corrected chi connectivity index (χ0v) is 19.4. The van der Waals surface area contributed by atoms with Crippen molar-refractivity contribution in [3.63, 3.8) is 0 Å². The Kier molecular flexibility index (Phi) is 6.31. The van der Waals surface area contributed by atoms with Crippen LogP contribution >= 0.6 is 34.8 Å². The van der Waals surface area contributed by atoms with Crippen molar-refractivity contribution >= 4 is 58.7 Å². The van der Waals surface area contributed by atoms with E-state index in [1.54, 1.807) is 29.2 Å². The van der Waals surface area contributed by atoms with Crippen LogP contribution in [0.5, 0.6) is 0 Å². The Morgan fingerprint density at radius 1 is 1.06 bits per heavy atom. The molecular formula is C21H21Cl3N2O6. The zero-order valence-electron chi connectivity index (χ0n) is 17.1. The molecule has 3 atom stereocenters. The van der Waals surface area contributed by atoms with Crippen molar-refractivity contribution in [2.24, 2.45) is 5.92 Å². The third-order valence-electron chi connectivity index (χ3n) is 6.33. The topological polar surface area (TPSA) is 93.2 Å². The third-order valence-corrected chi connectivity index (χ3v) is 6.66. The first-order chi connectivity index (χ1) is 15.1. The van der Waals surface area contributed by atoms with E-state index in [-0.39, 0.29) is 35.7 Å². The maximum absolute atomic E-state index is 13.0. The van der Waals surface area contributed by atoms with E-state index in [2.05, 4.69) is 0 Å². The van der Waals surface area contributed by atoms with Gasteiger partial charge in [0.1, 0.15) is 12.6 Å². The van der Waals surface area contributed by atoms with Crippen LogP contribution in [0.3, 0.4) is 0 Å². The Morgan fingerprint density at radius 2 is 1.59 bits per heavy atom.